The summed E-state index contributed by atoms with van der Waals surface area (Å²) >= 11 is 7.44. The van der Waals surface area contributed by atoms with Crippen molar-refractivity contribution in [2.75, 3.05) is 5.32 Å². The van der Waals surface area contributed by atoms with Crippen LogP contribution in [0.2, 0.25) is 0 Å². The van der Waals surface area contributed by atoms with Crippen LogP contribution in [0, 0.1) is 20.8 Å². The predicted molar refractivity (Wildman–Crippen MR) is 135 cm³/mol. The molecule has 0 aliphatic carbocycles. The first kappa shape index (κ1) is 21.3. The van der Waals surface area contributed by atoms with Crippen molar-refractivity contribution in [3.05, 3.63) is 97.5 Å². The number of aryl methyl sites for hydroxylation is 3. The number of anilines is 1. The highest BCUT2D eigenvalue weighted by atomic mass is 32.1. The standard InChI is InChI=1S/C25H25N3OS2/c1-16-6-10-20(11-7-16)26-25(30)28(15-21-5-4-12-31-21)14-19-13-22-17(2)8-9-18(3)23(22)27-24(19)29/h4-13H,14-15H2,1-3H3,(H,26,30)(H,27,29). The van der Waals surface area contributed by atoms with Gasteiger partial charge in [0.2, 0.25) is 0 Å². The van der Waals surface area contributed by atoms with E-state index in [0.717, 1.165) is 27.7 Å². The zero-order chi connectivity index (χ0) is 22.0. The number of fused-ring (bicyclic) bond motifs is 1. The lowest BCUT2D eigenvalue weighted by Crippen LogP contribution is -2.35. The number of aromatic nitrogens is 1. The molecule has 6 heteroatoms. The lowest BCUT2D eigenvalue weighted by atomic mass is 10.0. The largest absolute Gasteiger partial charge is 0.339 e. The van der Waals surface area contributed by atoms with Crippen LogP contribution in [-0.2, 0) is 13.1 Å². The van der Waals surface area contributed by atoms with Crippen LogP contribution in [0.25, 0.3) is 10.9 Å². The summed E-state index contributed by atoms with van der Waals surface area (Å²) in [5.74, 6) is 0. The Labute approximate surface area is 191 Å². The monoisotopic (exact) mass is 447 g/mol. The van der Waals surface area contributed by atoms with Crippen LogP contribution in [-0.4, -0.2) is 15.0 Å². The van der Waals surface area contributed by atoms with E-state index in [4.69, 9.17) is 12.2 Å². The van der Waals surface area contributed by atoms with Gasteiger partial charge in [0.15, 0.2) is 5.11 Å². The fourth-order valence-corrected chi connectivity index (χ4v) is 4.54. The second kappa shape index (κ2) is 9.04. The van der Waals surface area contributed by atoms with Crippen molar-refractivity contribution in [2.24, 2.45) is 0 Å². The highest BCUT2D eigenvalue weighted by molar-refractivity contribution is 7.80. The van der Waals surface area contributed by atoms with Gasteiger partial charge >= 0.3 is 0 Å². The molecule has 4 rings (SSSR count). The first-order chi connectivity index (χ1) is 14.9. The normalized spacial score (nSPS) is 10.9. The molecule has 2 heterocycles. The zero-order valence-corrected chi connectivity index (χ0v) is 19.5. The highest BCUT2D eigenvalue weighted by Crippen LogP contribution is 2.21. The number of pyridine rings is 1. The van der Waals surface area contributed by atoms with Gasteiger partial charge < -0.3 is 15.2 Å². The van der Waals surface area contributed by atoms with Gasteiger partial charge in [0.05, 0.1) is 18.6 Å². The Balaban J connectivity index is 1.66. The SMILES string of the molecule is Cc1ccc(NC(=S)N(Cc2cccs2)Cc2cc3c(C)ccc(C)c3[nH]c2=O)cc1. The molecule has 0 amide bonds. The smallest absolute Gasteiger partial charge is 0.253 e. The maximum atomic E-state index is 12.9. The van der Waals surface area contributed by atoms with E-state index >= 15 is 0 Å². The lowest BCUT2D eigenvalue weighted by molar-refractivity contribution is 0.415. The number of hydrogen-bond donors (Lipinski definition) is 2. The number of H-pyrrole nitrogens is 1. The van der Waals surface area contributed by atoms with Crippen LogP contribution in [0.3, 0.4) is 0 Å². The van der Waals surface area contributed by atoms with Crippen molar-refractivity contribution >= 4 is 45.3 Å². The maximum absolute atomic E-state index is 12.9. The molecule has 0 aliphatic rings. The lowest BCUT2D eigenvalue weighted by Gasteiger charge is -2.25. The predicted octanol–water partition coefficient (Wildman–Crippen LogP) is 5.91. The van der Waals surface area contributed by atoms with E-state index in [2.05, 4.69) is 41.7 Å². The zero-order valence-electron chi connectivity index (χ0n) is 17.9. The summed E-state index contributed by atoms with van der Waals surface area (Å²) in [6.07, 6.45) is 0. The van der Waals surface area contributed by atoms with Gasteiger partial charge in [0.25, 0.3) is 5.56 Å². The van der Waals surface area contributed by atoms with E-state index in [0.29, 0.717) is 23.8 Å². The molecule has 0 unspecified atom stereocenters. The molecule has 0 fully saturated rings. The molecule has 0 atom stereocenters. The maximum Gasteiger partial charge on any atom is 0.253 e. The number of aromatic amines is 1. The van der Waals surface area contributed by atoms with Gasteiger partial charge in [0, 0.05) is 21.5 Å². The number of rotatable bonds is 5. The number of thiophene rings is 1. The molecule has 4 nitrogen and oxygen atoms in total. The van der Waals surface area contributed by atoms with E-state index in [9.17, 15) is 4.79 Å². The molecule has 2 aromatic carbocycles. The van der Waals surface area contributed by atoms with Gasteiger partial charge in [-0.2, -0.15) is 0 Å². The summed E-state index contributed by atoms with van der Waals surface area (Å²) in [5, 5.41) is 7.05. The van der Waals surface area contributed by atoms with Crippen molar-refractivity contribution in [3.63, 3.8) is 0 Å². The van der Waals surface area contributed by atoms with Crippen LogP contribution in [0.15, 0.2) is 64.8 Å². The third kappa shape index (κ3) is 4.86. The molecule has 0 spiro atoms. The molecule has 0 saturated carbocycles. The Morgan fingerprint density at radius 2 is 1.77 bits per heavy atom. The number of nitrogens with zero attached hydrogens (tertiary/aromatic N) is 1. The molecule has 158 valence electrons. The van der Waals surface area contributed by atoms with E-state index in [1.165, 1.54) is 10.4 Å². The summed E-state index contributed by atoms with van der Waals surface area (Å²) in [5.41, 5.74) is 5.87. The van der Waals surface area contributed by atoms with Crippen molar-refractivity contribution in [2.45, 2.75) is 33.9 Å². The second-order valence-corrected chi connectivity index (χ2v) is 9.26. The van der Waals surface area contributed by atoms with Crippen molar-refractivity contribution in [3.8, 4) is 0 Å². The Morgan fingerprint density at radius 1 is 1.03 bits per heavy atom. The number of thiocarbonyl (C=S) groups is 1. The number of benzene rings is 2. The fraction of sp³-hybridized carbons (Fsp3) is 0.200. The van der Waals surface area contributed by atoms with Gasteiger partial charge in [-0.25, -0.2) is 0 Å². The summed E-state index contributed by atoms with van der Waals surface area (Å²) in [4.78, 5) is 19.2. The topological polar surface area (TPSA) is 48.1 Å². The Hall–Kier alpha value is -2.96. The summed E-state index contributed by atoms with van der Waals surface area (Å²) in [6, 6.07) is 18.4. The minimum absolute atomic E-state index is 0.0736. The van der Waals surface area contributed by atoms with Crippen LogP contribution >= 0.6 is 23.6 Å². The first-order valence-electron chi connectivity index (χ1n) is 10.2. The minimum Gasteiger partial charge on any atom is -0.339 e. The molecule has 0 saturated heterocycles. The average molecular weight is 448 g/mol. The van der Waals surface area contributed by atoms with E-state index in [1.54, 1.807) is 11.3 Å². The van der Waals surface area contributed by atoms with Gasteiger partial charge in [-0.15, -0.1) is 11.3 Å². The molecule has 31 heavy (non-hydrogen) atoms. The number of hydrogen-bond acceptors (Lipinski definition) is 3. The van der Waals surface area contributed by atoms with Crippen LogP contribution in [0.4, 0.5) is 5.69 Å². The third-order valence-electron chi connectivity index (χ3n) is 5.40. The summed E-state index contributed by atoms with van der Waals surface area (Å²) < 4.78 is 0. The Morgan fingerprint density at radius 3 is 2.48 bits per heavy atom. The quantitative estimate of drug-likeness (QED) is 0.373. The number of nitrogens with one attached hydrogen (secondary N) is 2. The second-order valence-electron chi connectivity index (χ2n) is 7.84. The van der Waals surface area contributed by atoms with Crippen molar-refractivity contribution in [1.82, 2.24) is 9.88 Å². The van der Waals surface area contributed by atoms with Gasteiger partial charge in [-0.3, -0.25) is 4.79 Å². The van der Waals surface area contributed by atoms with E-state index < -0.39 is 0 Å². The Kier molecular flexibility index (Phi) is 6.20. The molecule has 2 N–H and O–H groups in total. The van der Waals surface area contributed by atoms with Crippen LogP contribution < -0.4 is 10.9 Å². The van der Waals surface area contributed by atoms with Crippen LogP contribution in [0.5, 0.6) is 0 Å². The summed E-state index contributed by atoms with van der Waals surface area (Å²) in [6.45, 7) is 7.20. The third-order valence-corrected chi connectivity index (χ3v) is 6.62. The molecular weight excluding hydrogens is 422 g/mol. The highest BCUT2D eigenvalue weighted by Gasteiger charge is 2.16. The molecule has 4 aromatic rings. The summed E-state index contributed by atoms with van der Waals surface area (Å²) in [7, 11) is 0. The first-order valence-corrected chi connectivity index (χ1v) is 11.5. The average Bonchev–Trinajstić information content (AvgIpc) is 3.26. The molecule has 0 aliphatic heterocycles. The fourth-order valence-electron chi connectivity index (χ4n) is 3.57. The Bertz CT molecular complexity index is 1270. The van der Waals surface area contributed by atoms with Gasteiger partial charge in [-0.1, -0.05) is 35.9 Å². The van der Waals surface area contributed by atoms with Crippen molar-refractivity contribution < 1.29 is 0 Å². The minimum atomic E-state index is -0.0736. The molecule has 0 bridgehead atoms. The van der Waals surface area contributed by atoms with E-state index in [1.807, 2.05) is 54.3 Å². The molecule has 2 aromatic heterocycles. The van der Waals surface area contributed by atoms with Gasteiger partial charge in [-0.05, 0) is 73.8 Å². The van der Waals surface area contributed by atoms with Crippen molar-refractivity contribution in [1.29, 1.82) is 0 Å². The van der Waals surface area contributed by atoms with Gasteiger partial charge in [0.1, 0.15) is 0 Å². The molecule has 0 radical (unpaired) electrons. The molecular formula is C25H25N3OS2. The van der Waals surface area contributed by atoms with E-state index in [-0.39, 0.29) is 5.56 Å². The van der Waals surface area contributed by atoms with Crippen LogP contribution in [0.1, 0.15) is 27.1 Å².